The van der Waals surface area contributed by atoms with Gasteiger partial charge in [-0.15, -0.1) is 0 Å². The molecule has 0 saturated carbocycles. The van der Waals surface area contributed by atoms with Crippen LogP contribution < -0.4 is 4.72 Å². The zero-order chi connectivity index (χ0) is 14.8. The Morgan fingerprint density at radius 1 is 1.26 bits per heavy atom. The Hall–Kier alpha value is -0.380. The second kappa shape index (κ2) is 5.94. The molecule has 0 aromatic carbocycles. The molecule has 1 saturated heterocycles. The van der Waals surface area contributed by atoms with Crippen molar-refractivity contribution in [3.63, 3.8) is 0 Å². The number of rotatable bonds is 5. The van der Waals surface area contributed by atoms with Crippen molar-refractivity contribution in [1.29, 1.82) is 0 Å². The molecule has 1 rings (SSSR count). The third kappa shape index (κ3) is 5.64. The van der Waals surface area contributed by atoms with Crippen LogP contribution in [0.4, 0.5) is 0 Å². The standard InChI is InChI=1S/C6H13NO10S2/c8-2-3-1-4(17-19(13,14)15)5(6(9)16-3)7-18(10,11)12/h3-9H,1-2H2,(H,10,11,12)(H,13,14,15)/t3?,4-,5?,6-/m1/s1. The number of aliphatic hydroxyl groups excluding tert-OH is 2. The van der Waals surface area contributed by atoms with Gasteiger partial charge in [0.05, 0.1) is 12.7 Å². The molecule has 1 aliphatic heterocycles. The Labute approximate surface area is 109 Å². The van der Waals surface area contributed by atoms with Gasteiger partial charge in [-0.3, -0.25) is 9.11 Å². The van der Waals surface area contributed by atoms with E-state index in [2.05, 4.69) is 4.18 Å². The SMILES string of the molecule is O=S(=O)(O)NC1[C@H](O)OC(CO)C[C@H]1OS(=O)(=O)O. The summed E-state index contributed by atoms with van der Waals surface area (Å²) in [6.45, 7) is -0.596. The smallest absolute Gasteiger partial charge is 0.394 e. The second-order valence-corrected chi connectivity index (χ2v) is 5.98. The van der Waals surface area contributed by atoms with E-state index in [1.165, 1.54) is 4.72 Å². The third-order valence-corrected chi connectivity index (χ3v) is 3.33. The average molecular weight is 323 g/mol. The van der Waals surface area contributed by atoms with Crippen molar-refractivity contribution in [1.82, 2.24) is 4.72 Å². The molecule has 1 aliphatic rings. The monoisotopic (exact) mass is 323 g/mol. The lowest BCUT2D eigenvalue weighted by Gasteiger charge is -2.37. The maximum Gasteiger partial charge on any atom is 0.397 e. The van der Waals surface area contributed by atoms with Crippen molar-refractivity contribution in [3.05, 3.63) is 0 Å². The molecule has 19 heavy (non-hydrogen) atoms. The van der Waals surface area contributed by atoms with Crippen molar-refractivity contribution in [3.8, 4) is 0 Å². The van der Waals surface area contributed by atoms with Gasteiger partial charge >= 0.3 is 20.7 Å². The van der Waals surface area contributed by atoms with Crippen molar-refractivity contribution < 1.29 is 45.1 Å². The second-order valence-electron chi connectivity index (χ2n) is 3.75. The van der Waals surface area contributed by atoms with Crippen molar-refractivity contribution >= 4 is 20.7 Å². The minimum Gasteiger partial charge on any atom is -0.394 e. The lowest BCUT2D eigenvalue weighted by atomic mass is 10.0. The highest BCUT2D eigenvalue weighted by Gasteiger charge is 2.42. The first-order valence-corrected chi connectivity index (χ1v) is 7.67. The largest absolute Gasteiger partial charge is 0.397 e. The fourth-order valence-corrected chi connectivity index (χ4v) is 2.73. The summed E-state index contributed by atoms with van der Waals surface area (Å²) < 4.78 is 70.2. The zero-order valence-electron chi connectivity index (χ0n) is 9.28. The first-order chi connectivity index (χ1) is 8.52. The first-order valence-electron chi connectivity index (χ1n) is 4.86. The molecule has 114 valence electrons. The van der Waals surface area contributed by atoms with Crippen LogP contribution >= 0.6 is 0 Å². The van der Waals surface area contributed by atoms with Gasteiger partial charge in [-0.05, 0) is 0 Å². The van der Waals surface area contributed by atoms with Gasteiger partial charge in [0.2, 0.25) is 0 Å². The highest BCUT2D eigenvalue weighted by Crippen LogP contribution is 2.23. The van der Waals surface area contributed by atoms with Crippen LogP contribution in [0.3, 0.4) is 0 Å². The van der Waals surface area contributed by atoms with Crippen LogP contribution in [0.1, 0.15) is 6.42 Å². The molecule has 2 unspecified atom stereocenters. The molecule has 13 heteroatoms. The van der Waals surface area contributed by atoms with Gasteiger partial charge in [0.25, 0.3) is 0 Å². The summed E-state index contributed by atoms with van der Waals surface area (Å²) >= 11 is 0. The number of aliphatic hydroxyl groups is 2. The van der Waals surface area contributed by atoms with Crippen LogP contribution in [0, 0.1) is 0 Å². The van der Waals surface area contributed by atoms with E-state index in [4.69, 9.17) is 18.9 Å². The zero-order valence-corrected chi connectivity index (χ0v) is 10.9. The van der Waals surface area contributed by atoms with Crippen LogP contribution in [-0.2, 0) is 29.6 Å². The molecule has 0 radical (unpaired) electrons. The van der Waals surface area contributed by atoms with Crippen LogP contribution in [0.15, 0.2) is 0 Å². The summed E-state index contributed by atoms with van der Waals surface area (Å²) in [6, 6.07) is -1.68. The Balaban J connectivity index is 2.94. The summed E-state index contributed by atoms with van der Waals surface area (Å²) in [4.78, 5) is 0. The molecule has 5 N–H and O–H groups in total. The quantitative estimate of drug-likeness (QED) is 0.328. The first kappa shape index (κ1) is 16.7. The minimum atomic E-state index is -4.93. The maximum atomic E-state index is 10.7. The van der Waals surface area contributed by atoms with E-state index < -0.39 is 51.8 Å². The van der Waals surface area contributed by atoms with Gasteiger partial charge in [0.1, 0.15) is 12.1 Å². The van der Waals surface area contributed by atoms with Crippen LogP contribution in [0.5, 0.6) is 0 Å². The summed E-state index contributed by atoms with van der Waals surface area (Å²) in [5.74, 6) is 0. The number of ether oxygens (including phenoxy) is 1. The minimum absolute atomic E-state index is 0.347. The van der Waals surface area contributed by atoms with Crippen molar-refractivity contribution in [2.45, 2.75) is 31.0 Å². The molecule has 11 nitrogen and oxygen atoms in total. The van der Waals surface area contributed by atoms with E-state index in [0.29, 0.717) is 0 Å². The molecule has 0 bridgehead atoms. The molecule has 0 aromatic rings. The Morgan fingerprint density at radius 3 is 2.26 bits per heavy atom. The molecule has 4 atom stereocenters. The van der Waals surface area contributed by atoms with E-state index in [1.54, 1.807) is 0 Å². The third-order valence-electron chi connectivity index (χ3n) is 2.27. The molecule has 0 aromatic heterocycles. The van der Waals surface area contributed by atoms with Crippen molar-refractivity contribution in [2.75, 3.05) is 6.61 Å². The van der Waals surface area contributed by atoms with Crippen molar-refractivity contribution in [2.24, 2.45) is 0 Å². The molecular weight excluding hydrogens is 310 g/mol. The van der Waals surface area contributed by atoms with Gasteiger partial charge in [-0.2, -0.15) is 21.6 Å². The number of hydrogen-bond donors (Lipinski definition) is 5. The van der Waals surface area contributed by atoms with Crippen LogP contribution in [0.25, 0.3) is 0 Å². The maximum absolute atomic E-state index is 10.7. The van der Waals surface area contributed by atoms with Gasteiger partial charge in [-0.25, -0.2) is 4.18 Å². The summed E-state index contributed by atoms with van der Waals surface area (Å²) in [6.07, 6.45) is -4.83. The lowest BCUT2D eigenvalue weighted by molar-refractivity contribution is -0.207. The predicted octanol–water partition coefficient (Wildman–Crippen LogP) is -2.96. The normalized spacial score (nSPS) is 33.3. The van der Waals surface area contributed by atoms with Gasteiger partial charge in [0.15, 0.2) is 6.29 Å². The van der Waals surface area contributed by atoms with Gasteiger partial charge in [0, 0.05) is 6.42 Å². The Bertz CT molecular complexity index is 500. The Kier molecular flexibility index (Phi) is 5.21. The average Bonchev–Trinajstić information content (AvgIpc) is 2.19. The summed E-state index contributed by atoms with van der Waals surface area (Å²) in [5, 5.41) is 18.3. The molecule has 0 amide bonds. The van der Waals surface area contributed by atoms with E-state index in [-0.39, 0.29) is 6.42 Å². The molecule has 1 fully saturated rings. The molecule has 1 heterocycles. The molecular formula is C6H13NO10S2. The topological polar surface area (TPSA) is 180 Å². The highest BCUT2D eigenvalue weighted by atomic mass is 32.3. The fraction of sp³-hybridized carbons (Fsp3) is 1.00. The van der Waals surface area contributed by atoms with E-state index >= 15 is 0 Å². The fourth-order valence-electron chi connectivity index (χ4n) is 1.61. The Morgan fingerprint density at radius 2 is 1.84 bits per heavy atom. The van der Waals surface area contributed by atoms with E-state index in [0.717, 1.165) is 0 Å². The molecule has 0 aliphatic carbocycles. The highest BCUT2D eigenvalue weighted by molar-refractivity contribution is 7.83. The lowest BCUT2D eigenvalue weighted by Crippen LogP contribution is -2.58. The summed E-state index contributed by atoms with van der Waals surface area (Å²) in [7, 11) is -9.71. The predicted molar refractivity (Wildman–Crippen MR) is 57.5 cm³/mol. The van der Waals surface area contributed by atoms with Gasteiger partial charge in [-0.1, -0.05) is 0 Å². The molecule has 0 spiro atoms. The van der Waals surface area contributed by atoms with Crippen LogP contribution in [0.2, 0.25) is 0 Å². The van der Waals surface area contributed by atoms with Gasteiger partial charge < -0.3 is 14.9 Å². The van der Waals surface area contributed by atoms with E-state index in [1.807, 2.05) is 0 Å². The van der Waals surface area contributed by atoms with E-state index in [9.17, 15) is 21.9 Å². The number of hydrogen-bond acceptors (Lipinski definition) is 8. The summed E-state index contributed by atoms with van der Waals surface area (Å²) in [5.41, 5.74) is 0. The number of nitrogens with one attached hydrogen (secondary N) is 1. The van der Waals surface area contributed by atoms with Crippen LogP contribution in [-0.4, -0.2) is 67.3 Å².